The van der Waals surface area contributed by atoms with Gasteiger partial charge in [-0.25, -0.2) is 13.1 Å². The fraction of sp³-hybridized carbons (Fsp3) is 0.727. The quantitative estimate of drug-likeness (QED) is 0.715. The molecule has 1 aromatic rings. The van der Waals surface area contributed by atoms with Crippen LogP contribution in [-0.4, -0.2) is 34.6 Å². The van der Waals surface area contributed by atoms with Gasteiger partial charge in [0.1, 0.15) is 0 Å². The summed E-state index contributed by atoms with van der Waals surface area (Å²) in [6.07, 6.45) is 8.25. The van der Waals surface area contributed by atoms with E-state index in [-0.39, 0.29) is 0 Å². The van der Waals surface area contributed by atoms with Crippen LogP contribution in [0.5, 0.6) is 0 Å². The molecule has 4 bridgehead atoms. The number of sulfonamides is 1. The van der Waals surface area contributed by atoms with Gasteiger partial charge >= 0.3 is 0 Å². The Labute approximate surface area is 164 Å². The topological polar surface area (TPSA) is 50.6 Å². The summed E-state index contributed by atoms with van der Waals surface area (Å²) in [6, 6.07) is 7.88. The molecule has 0 radical (unpaired) electrons. The van der Waals surface area contributed by atoms with Crippen molar-refractivity contribution >= 4 is 10.0 Å². The molecule has 0 aliphatic heterocycles. The Morgan fingerprint density at radius 2 is 1.48 bits per heavy atom. The molecule has 0 aromatic heterocycles. The van der Waals surface area contributed by atoms with Crippen LogP contribution in [0.15, 0.2) is 29.2 Å². The van der Waals surface area contributed by atoms with Gasteiger partial charge in [-0.15, -0.1) is 0 Å². The van der Waals surface area contributed by atoms with Crippen LogP contribution >= 0.6 is 0 Å². The minimum Gasteiger partial charge on any atom is -0.334 e. The highest BCUT2D eigenvalue weighted by atomic mass is 32.2. The molecular formula is C22H35N2O2S+. The minimum atomic E-state index is -3.41. The number of hydrogen-bond acceptors (Lipinski definition) is 2. The maximum Gasteiger partial charge on any atom is 0.240 e. The van der Waals surface area contributed by atoms with Gasteiger partial charge in [0.25, 0.3) is 0 Å². The van der Waals surface area contributed by atoms with Crippen LogP contribution in [0.4, 0.5) is 0 Å². The standard InChI is InChI=1S/C22H34N2O2S/c1-3-24(4-2)10-9-23-27(25,26)21-7-5-20(6-8-21)22-14-17-11-18(15-22)13-19(12-17)16-22/h5-8,17-19,23H,3-4,9-16H2,1-2H3/p+1. The third kappa shape index (κ3) is 3.83. The Bertz CT molecular complexity index is 718. The fourth-order valence-electron chi connectivity index (χ4n) is 6.50. The average Bonchev–Trinajstić information content (AvgIpc) is 2.64. The molecule has 4 saturated carbocycles. The van der Waals surface area contributed by atoms with E-state index in [1.165, 1.54) is 49.0 Å². The Kier molecular flexibility index (Phi) is 5.38. The predicted octanol–water partition coefficient (Wildman–Crippen LogP) is 2.36. The van der Waals surface area contributed by atoms with E-state index >= 15 is 0 Å². The first-order valence-electron chi connectivity index (χ1n) is 10.9. The lowest BCUT2D eigenvalue weighted by Gasteiger charge is -2.57. The second-order valence-corrected chi connectivity index (χ2v) is 11.1. The van der Waals surface area contributed by atoms with Gasteiger partial charge in [-0.2, -0.15) is 0 Å². The average molecular weight is 392 g/mol. The molecule has 0 saturated heterocycles. The summed E-state index contributed by atoms with van der Waals surface area (Å²) >= 11 is 0. The molecule has 1 aromatic carbocycles. The van der Waals surface area contributed by atoms with Gasteiger partial charge in [-0.3, -0.25) is 0 Å². The van der Waals surface area contributed by atoms with E-state index in [0.29, 0.717) is 16.9 Å². The van der Waals surface area contributed by atoms with Crippen molar-refractivity contribution in [3.05, 3.63) is 29.8 Å². The normalized spacial score (nSPS) is 32.3. The first-order chi connectivity index (χ1) is 12.9. The molecule has 27 heavy (non-hydrogen) atoms. The van der Waals surface area contributed by atoms with E-state index in [2.05, 4.69) is 30.7 Å². The predicted molar refractivity (Wildman–Crippen MR) is 108 cm³/mol. The van der Waals surface area contributed by atoms with Gasteiger partial charge in [-0.05, 0) is 93.2 Å². The fourth-order valence-corrected chi connectivity index (χ4v) is 7.53. The van der Waals surface area contributed by atoms with Crippen molar-refractivity contribution in [2.75, 3.05) is 26.2 Å². The highest BCUT2D eigenvalue weighted by Crippen LogP contribution is 2.60. The van der Waals surface area contributed by atoms with Crippen molar-refractivity contribution in [1.29, 1.82) is 0 Å². The summed E-state index contributed by atoms with van der Waals surface area (Å²) in [7, 11) is -3.41. The van der Waals surface area contributed by atoms with E-state index < -0.39 is 10.0 Å². The molecule has 150 valence electrons. The molecule has 5 rings (SSSR count). The molecule has 0 unspecified atom stereocenters. The third-order valence-corrected chi connectivity index (χ3v) is 9.06. The molecule has 4 aliphatic carbocycles. The van der Waals surface area contributed by atoms with E-state index in [0.717, 1.165) is 37.4 Å². The van der Waals surface area contributed by atoms with Gasteiger partial charge in [0.15, 0.2) is 0 Å². The van der Waals surface area contributed by atoms with Gasteiger partial charge in [-0.1, -0.05) is 12.1 Å². The zero-order chi connectivity index (χ0) is 19.1. The first kappa shape index (κ1) is 19.4. The number of quaternary nitrogens is 1. The Hall–Kier alpha value is -0.910. The van der Waals surface area contributed by atoms with Crippen molar-refractivity contribution < 1.29 is 13.3 Å². The second-order valence-electron chi connectivity index (χ2n) is 9.33. The Morgan fingerprint density at radius 1 is 0.963 bits per heavy atom. The second kappa shape index (κ2) is 7.49. The van der Waals surface area contributed by atoms with Gasteiger partial charge in [0.05, 0.1) is 31.1 Å². The van der Waals surface area contributed by atoms with Crippen LogP contribution in [0.1, 0.15) is 57.9 Å². The van der Waals surface area contributed by atoms with Crippen LogP contribution in [0, 0.1) is 17.8 Å². The first-order valence-corrected chi connectivity index (χ1v) is 12.4. The van der Waals surface area contributed by atoms with Crippen molar-refractivity contribution in [3.63, 3.8) is 0 Å². The number of benzene rings is 1. The molecule has 0 atom stereocenters. The van der Waals surface area contributed by atoms with E-state index in [9.17, 15) is 8.42 Å². The van der Waals surface area contributed by atoms with Crippen LogP contribution in [0.2, 0.25) is 0 Å². The summed E-state index contributed by atoms with van der Waals surface area (Å²) in [5, 5.41) is 0. The number of likely N-dealkylation sites (N-methyl/N-ethyl adjacent to an activating group) is 1. The van der Waals surface area contributed by atoms with Crippen LogP contribution in [0.25, 0.3) is 0 Å². The monoisotopic (exact) mass is 391 g/mol. The van der Waals surface area contributed by atoms with E-state index in [1.807, 2.05) is 12.1 Å². The van der Waals surface area contributed by atoms with Crippen LogP contribution in [-0.2, 0) is 15.4 Å². The molecule has 0 heterocycles. The molecule has 4 fully saturated rings. The largest absolute Gasteiger partial charge is 0.334 e. The zero-order valence-electron chi connectivity index (χ0n) is 16.8. The molecular weight excluding hydrogens is 356 g/mol. The van der Waals surface area contributed by atoms with Crippen LogP contribution in [0.3, 0.4) is 0 Å². The molecule has 2 N–H and O–H groups in total. The smallest absolute Gasteiger partial charge is 0.240 e. The SMILES string of the molecule is CC[NH+](CC)CCNS(=O)(=O)c1ccc(C23CC4CC(CC(C4)C2)C3)cc1. The highest BCUT2D eigenvalue weighted by Gasteiger charge is 2.51. The summed E-state index contributed by atoms with van der Waals surface area (Å²) in [4.78, 5) is 1.82. The Balaban J connectivity index is 1.44. The van der Waals surface area contributed by atoms with Crippen molar-refractivity contribution in [3.8, 4) is 0 Å². The number of rotatable bonds is 8. The van der Waals surface area contributed by atoms with Crippen LogP contribution < -0.4 is 9.62 Å². The Morgan fingerprint density at radius 3 is 1.96 bits per heavy atom. The van der Waals surface area contributed by atoms with Gasteiger partial charge < -0.3 is 4.90 Å². The lowest BCUT2D eigenvalue weighted by Crippen LogP contribution is -3.12. The van der Waals surface area contributed by atoms with E-state index in [1.54, 1.807) is 0 Å². The lowest BCUT2D eigenvalue weighted by molar-refractivity contribution is -0.895. The van der Waals surface area contributed by atoms with Gasteiger partial charge in [0.2, 0.25) is 10.0 Å². The lowest BCUT2D eigenvalue weighted by atomic mass is 9.48. The van der Waals surface area contributed by atoms with Gasteiger partial charge in [0, 0.05) is 0 Å². The minimum absolute atomic E-state index is 0.330. The summed E-state index contributed by atoms with van der Waals surface area (Å²) in [6.45, 7) is 7.65. The molecule has 5 heteroatoms. The summed E-state index contributed by atoms with van der Waals surface area (Å²) in [5.41, 5.74) is 1.71. The molecule has 4 nitrogen and oxygen atoms in total. The summed E-state index contributed by atoms with van der Waals surface area (Å²) < 4.78 is 28.0. The maximum absolute atomic E-state index is 12.6. The number of nitrogens with one attached hydrogen (secondary N) is 2. The third-order valence-electron chi connectivity index (χ3n) is 7.59. The van der Waals surface area contributed by atoms with Crippen molar-refractivity contribution in [1.82, 2.24) is 4.72 Å². The number of hydrogen-bond donors (Lipinski definition) is 2. The zero-order valence-corrected chi connectivity index (χ0v) is 17.7. The van der Waals surface area contributed by atoms with Crippen molar-refractivity contribution in [2.45, 2.75) is 62.7 Å². The molecule has 0 spiro atoms. The van der Waals surface area contributed by atoms with E-state index in [4.69, 9.17) is 0 Å². The molecule has 4 aliphatic rings. The maximum atomic E-state index is 12.6. The summed E-state index contributed by atoms with van der Waals surface area (Å²) in [5.74, 6) is 2.72. The highest BCUT2D eigenvalue weighted by molar-refractivity contribution is 7.89. The van der Waals surface area contributed by atoms with Crippen molar-refractivity contribution in [2.24, 2.45) is 17.8 Å². The molecule has 0 amide bonds.